The zero-order valence-corrected chi connectivity index (χ0v) is 8.46. The van der Waals surface area contributed by atoms with E-state index in [4.69, 9.17) is 10.3 Å². The maximum atomic E-state index is 11.0. The molecule has 0 heterocycles. The summed E-state index contributed by atoms with van der Waals surface area (Å²) in [5.74, 6) is -0.300. The molecule has 0 bridgehead atoms. The third-order valence-electron chi connectivity index (χ3n) is 1.75. The molecular formula is C11H9N3O2. The summed E-state index contributed by atoms with van der Waals surface area (Å²) in [5, 5.41) is 3.40. The number of carbonyl (C=O) groups is 1. The first-order valence-electron chi connectivity index (χ1n) is 4.37. The topological polar surface area (TPSA) is 75.1 Å². The minimum atomic E-state index is -0.582. The van der Waals surface area contributed by atoms with Gasteiger partial charge in [0, 0.05) is 22.2 Å². The fourth-order valence-electron chi connectivity index (χ4n) is 1.04. The van der Waals surface area contributed by atoms with Crippen LogP contribution in [0.5, 0.6) is 5.75 Å². The van der Waals surface area contributed by atoms with Crippen LogP contribution in [0.4, 0.5) is 5.69 Å². The zero-order chi connectivity index (χ0) is 12.0. The van der Waals surface area contributed by atoms with Gasteiger partial charge < -0.3 is 4.74 Å². The van der Waals surface area contributed by atoms with Crippen LogP contribution in [0, 0.1) is 0 Å². The van der Waals surface area contributed by atoms with E-state index in [2.05, 4.69) is 23.2 Å². The highest BCUT2D eigenvalue weighted by molar-refractivity contribution is 5.84. The van der Waals surface area contributed by atoms with E-state index in [1.165, 1.54) is 12.1 Å². The molecule has 0 unspecified atom stereocenters. The fourth-order valence-corrected chi connectivity index (χ4v) is 1.04. The van der Waals surface area contributed by atoms with E-state index < -0.39 is 5.97 Å². The number of rotatable bonds is 4. The Bertz CT molecular complexity index is 488. The number of nitrogens with zero attached hydrogens (tertiary/aromatic N) is 3. The second-order valence-corrected chi connectivity index (χ2v) is 2.74. The highest BCUT2D eigenvalue weighted by atomic mass is 16.5. The van der Waals surface area contributed by atoms with Crippen LogP contribution in [-0.4, -0.2) is 5.97 Å². The molecule has 1 rings (SSSR count). The first-order chi connectivity index (χ1) is 7.71. The molecule has 0 aliphatic carbocycles. The van der Waals surface area contributed by atoms with E-state index in [-0.39, 0.29) is 5.75 Å². The molecule has 1 aromatic carbocycles. The lowest BCUT2D eigenvalue weighted by Crippen LogP contribution is -2.04. The Morgan fingerprint density at radius 2 is 2.25 bits per heavy atom. The zero-order valence-electron chi connectivity index (χ0n) is 8.46. The Morgan fingerprint density at radius 1 is 1.50 bits per heavy atom. The summed E-state index contributed by atoms with van der Waals surface area (Å²) in [6.07, 6.45) is 2.58. The van der Waals surface area contributed by atoms with E-state index in [0.29, 0.717) is 11.3 Å². The van der Waals surface area contributed by atoms with E-state index >= 15 is 0 Å². The Labute approximate surface area is 92.3 Å². The minimum Gasteiger partial charge on any atom is -0.423 e. The SMILES string of the molecule is C=CC(=O)Oc1cc(N=[N+]=[N-])ccc1C=C. The number of azide groups is 1. The number of ether oxygens (including phenoxy) is 1. The van der Waals surface area contributed by atoms with Crippen molar-refractivity contribution in [2.75, 3.05) is 0 Å². The molecule has 0 amide bonds. The van der Waals surface area contributed by atoms with Crippen LogP contribution < -0.4 is 4.74 Å². The summed E-state index contributed by atoms with van der Waals surface area (Å²) in [7, 11) is 0. The fraction of sp³-hybridized carbons (Fsp3) is 0. The molecule has 5 nitrogen and oxygen atoms in total. The number of carbonyl (C=O) groups excluding carboxylic acids is 1. The van der Waals surface area contributed by atoms with Gasteiger partial charge in [0.05, 0.1) is 0 Å². The second-order valence-electron chi connectivity index (χ2n) is 2.74. The monoisotopic (exact) mass is 215 g/mol. The highest BCUT2D eigenvalue weighted by Gasteiger charge is 2.05. The van der Waals surface area contributed by atoms with Crippen LogP contribution in [0.1, 0.15) is 5.56 Å². The van der Waals surface area contributed by atoms with Gasteiger partial charge in [0.2, 0.25) is 0 Å². The molecule has 0 aromatic heterocycles. The molecule has 1 aromatic rings. The lowest BCUT2D eigenvalue weighted by Gasteiger charge is -2.06. The van der Waals surface area contributed by atoms with Gasteiger partial charge >= 0.3 is 5.97 Å². The number of hydrogen-bond acceptors (Lipinski definition) is 3. The van der Waals surface area contributed by atoms with Crippen LogP contribution >= 0.6 is 0 Å². The first kappa shape index (κ1) is 11.6. The normalized spacial score (nSPS) is 8.75. The standard InChI is InChI=1S/C11H9N3O2/c1-3-8-5-6-9(13-14-12)7-10(8)16-11(15)4-2/h3-7H,1-2H2. The Balaban J connectivity index is 3.15. The van der Waals surface area contributed by atoms with E-state index in [0.717, 1.165) is 6.08 Å². The molecule has 0 spiro atoms. The van der Waals surface area contributed by atoms with Crippen molar-refractivity contribution in [2.24, 2.45) is 5.11 Å². The van der Waals surface area contributed by atoms with E-state index in [9.17, 15) is 4.79 Å². The summed E-state index contributed by atoms with van der Waals surface area (Å²) >= 11 is 0. The van der Waals surface area contributed by atoms with Crippen LogP contribution in [-0.2, 0) is 4.79 Å². The molecule has 0 radical (unpaired) electrons. The van der Waals surface area contributed by atoms with Crippen molar-refractivity contribution in [1.82, 2.24) is 0 Å². The summed E-state index contributed by atoms with van der Waals surface area (Å²) in [4.78, 5) is 13.7. The Hall–Kier alpha value is -2.52. The maximum absolute atomic E-state index is 11.0. The van der Waals surface area contributed by atoms with Crippen molar-refractivity contribution in [3.05, 3.63) is 53.4 Å². The van der Waals surface area contributed by atoms with Crippen molar-refractivity contribution in [3.63, 3.8) is 0 Å². The summed E-state index contributed by atoms with van der Waals surface area (Å²) in [6, 6.07) is 4.70. The van der Waals surface area contributed by atoms with Crippen molar-refractivity contribution in [1.29, 1.82) is 0 Å². The van der Waals surface area contributed by atoms with Crippen molar-refractivity contribution in [3.8, 4) is 5.75 Å². The van der Waals surface area contributed by atoms with Crippen molar-refractivity contribution >= 4 is 17.7 Å². The van der Waals surface area contributed by atoms with Crippen molar-refractivity contribution in [2.45, 2.75) is 0 Å². The first-order valence-corrected chi connectivity index (χ1v) is 4.37. The Kier molecular flexibility index (Phi) is 3.89. The summed E-state index contributed by atoms with van der Waals surface area (Å²) in [5.41, 5.74) is 9.27. The van der Waals surface area contributed by atoms with Gasteiger partial charge in [0.15, 0.2) is 0 Å². The van der Waals surface area contributed by atoms with E-state index in [1.807, 2.05) is 0 Å². The van der Waals surface area contributed by atoms with Gasteiger partial charge in [-0.1, -0.05) is 36.5 Å². The molecule has 80 valence electrons. The Morgan fingerprint density at radius 3 is 2.81 bits per heavy atom. The minimum absolute atomic E-state index is 0.282. The predicted molar refractivity (Wildman–Crippen MR) is 61.2 cm³/mol. The molecule has 16 heavy (non-hydrogen) atoms. The van der Waals surface area contributed by atoms with Gasteiger partial charge in [-0.15, -0.1) is 0 Å². The third kappa shape index (κ3) is 2.73. The van der Waals surface area contributed by atoms with Gasteiger partial charge in [-0.25, -0.2) is 4.79 Å². The largest absolute Gasteiger partial charge is 0.423 e. The van der Waals surface area contributed by atoms with Crippen LogP contribution in [0.3, 0.4) is 0 Å². The van der Waals surface area contributed by atoms with Crippen LogP contribution in [0.2, 0.25) is 0 Å². The van der Waals surface area contributed by atoms with Crippen LogP contribution in [0.25, 0.3) is 16.5 Å². The van der Waals surface area contributed by atoms with Gasteiger partial charge in [-0.3, -0.25) is 0 Å². The maximum Gasteiger partial charge on any atom is 0.335 e. The molecule has 0 saturated heterocycles. The van der Waals surface area contributed by atoms with Gasteiger partial charge in [-0.2, -0.15) is 0 Å². The molecule has 0 fully saturated rings. The average molecular weight is 215 g/mol. The van der Waals surface area contributed by atoms with Crippen molar-refractivity contribution < 1.29 is 9.53 Å². The lowest BCUT2D eigenvalue weighted by atomic mass is 10.2. The predicted octanol–water partition coefficient (Wildman–Crippen LogP) is 3.36. The average Bonchev–Trinajstić information content (AvgIpc) is 2.30. The molecule has 5 heteroatoms. The molecular weight excluding hydrogens is 206 g/mol. The molecule has 0 N–H and O–H groups in total. The van der Waals surface area contributed by atoms with E-state index in [1.54, 1.807) is 12.1 Å². The number of benzene rings is 1. The van der Waals surface area contributed by atoms with Gasteiger partial charge in [0.25, 0.3) is 0 Å². The number of hydrogen-bond donors (Lipinski definition) is 0. The van der Waals surface area contributed by atoms with Gasteiger partial charge in [0.1, 0.15) is 5.75 Å². The van der Waals surface area contributed by atoms with Gasteiger partial charge in [-0.05, 0) is 11.6 Å². The molecule has 0 aliphatic heterocycles. The van der Waals surface area contributed by atoms with Crippen LogP contribution in [0.15, 0.2) is 42.5 Å². The number of esters is 1. The molecule has 0 saturated carbocycles. The third-order valence-corrected chi connectivity index (χ3v) is 1.75. The second kappa shape index (κ2) is 5.38. The lowest BCUT2D eigenvalue weighted by molar-refractivity contribution is -0.128. The highest BCUT2D eigenvalue weighted by Crippen LogP contribution is 2.26. The smallest absolute Gasteiger partial charge is 0.335 e. The summed E-state index contributed by atoms with van der Waals surface area (Å²) < 4.78 is 4.96. The summed E-state index contributed by atoms with van der Waals surface area (Å²) in [6.45, 7) is 6.87. The molecule has 0 aliphatic rings. The molecule has 0 atom stereocenters. The quantitative estimate of drug-likeness (QED) is 0.193.